The molecule has 3 N–H and O–H groups in total. The summed E-state index contributed by atoms with van der Waals surface area (Å²) in [7, 11) is 1.63. The minimum atomic E-state index is -0.583. The number of ether oxygens (including phenoxy) is 1. The summed E-state index contributed by atoms with van der Waals surface area (Å²) in [5.74, 6) is -0.411. The quantitative estimate of drug-likeness (QED) is 0.494. The van der Waals surface area contributed by atoms with Crippen molar-refractivity contribution in [2.45, 2.75) is 25.5 Å². The Labute approximate surface area is 175 Å². The van der Waals surface area contributed by atoms with Gasteiger partial charge in [-0.15, -0.1) is 0 Å². The van der Waals surface area contributed by atoms with E-state index in [-0.39, 0.29) is 12.5 Å². The molecule has 2 atom stereocenters. The summed E-state index contributed by atoms with van der Waals surface area (Å²) in [6.07, 6.45) is 1.27. The second-order valence-electron chi connectivity index (χ2n) is 6.94. The number of fused-ring (bicyclic) bond motifs is 2. The molecule has 0 spiro atoms. The number of aromatic nitrogens is 4. The zero-order valence-corrected chi connectivity index (χ0v) is 17.6. The number of hydrogen-bond donors (Lipinski definition) is 3. The number of amides is 1. The number of rotatable bonds is 7. The molecule has 10 heteroatoms. The first-order valence-electron chi connectivity index (χ1n) is 9.22. The van der Waals surface area contributed by atoms with Crippen LogP contribution in [0.2, 0.25) is 0 Å². The van der Waals surface area contributed by atoms with Gasteiger partial charge in [-0.25, -0.2) is 4.98 Å². The summed E-state index contributed by atoms with van der Waals surface area (Å²) in [5, 5.41) is 20.7. The van der Waals surface area contributed by atoms with Crippen molar-refractivity contribution in [1.29, 1.82) is 0 Å². The van der Waals surface area contributed by atoms with E-state index in [2.05, 4.69) is 41.6 Å². The SMILES string of the molecule is COCCn1cc2c(C3C(=O)Nc4ccc(Br)cc43)nc(NC[C@H](C)O)nc2n1. The van der Waals surface area contributed by atoms with Crippen LogP contribution < -0.4 is 10.6 Å². The van der Waals surface area contributed by atoms with E-state index in [0.29, 0.717) is 35.8 Å². The number of halogens is 1. The van der Waals surface area contributed by atoms with Crippen LogP contribution in [0.5, 0.6) is 0 Å². The molecule has 0 saturated heterocycles. The van der Waals surface area contributed by atoms with Gasteiger partial charge in [-0.3, -0.25) is 9.48 Å². The summed E-state index contributed by atoms with van der Waals surface area (Å²) in [6, 6.07) is 5.67. The fourth-order valence-corrected chi connectivity index (χ4v) is 3.69. The van der Waals surface area contributed by atoms with Crippen LogP contribution in [0, 0.1) is 0 Å². The summed E-state index contributed by atoms with van der Waals surface area (Å²) >= 11 is 3.48. The van der Waals surface area contributed by atoms with Gasteiger partial charge in [-0.05, 0) is 30.7 Å². The fourth-order valence-electron chi connectivity index (χ4n) is 3.32. The first-order chi connectivity index (χ1) is 14.0. The van der Waals surface area contributed by atoms with Gasteiger partial charge >= 0.3 is 0 Å². The Morgan fingerprint density at radius 3 is 3.00 bits per heavy atom. The Hall–Kier alpha value is -2.56. The van der Waals surface area contributed by atoms with Crippen LogP contribution in [0.3, 0.4) is 0 Å². The highest BCUT2D eigenvalue weighted by Crippen LogP contribution is 2.40. The van der Waals surface area contributed by atoms with Crippen molar-refractivity contribution in [1.82, 2.24) is 19.7 Å². The van der Waals surface area contributed by atoms with Crippen LogP contribution in [0.4, 0.5) is 11.6 Å². The summed E-state index contributed by atoms with van der Waals surface area (Å²) < 4.78 is 7.75. The third kappa shape index (κ3) is 3.96. The molecule has 4 rings (SSSR count). The van der Waals surface area contributed by atoms with E-state index in [1.807, 2.05) is 24.4 Å². The Morgan fingerprint density at radius 1 is 1.41 bits per heavy atom. The predicted octanol–water partition coefficient (Wildman–Crippen LogP) is 2.11. The molecular formula is C19H21BrN6O3. The molecule has 29 heavy (non-hydrogen) atoms. The number of benzene rings is 1. The molecule has 1 aliphatic heterocycles. The van der Waals surface area contributed by atoms with Gasteiger partial charge in [0, 0.05) is 30.0 Å². The van der Waals surface area contributed by atoms with Crippen LogP contribution in [0.15, 0.2) is 28.9 Å². The number of nitrogens with one attached hydrogen (secondary N) is 2. The van der Waals surface area contributed by atoms with Crippen molar-refractivity contribution < 1.29 is 14.6 Å². The van der Waals surface area contributed by atoms with E-state index < -0.39 is 12.0 Å². The smallest absolute Gasteiger partial charge is 0.238 e. The molecular weight excluding hydrogens is 440 g/mol. The predicted molar refractivity (Wildman–Crippen MR) is 112 cm³/mol. The van der Waals surface area contributed by atoms with Gasteiger partial charge in [-0.1, -0.05) is 15.9 Å². The van der Waals surface area contributed by atoms with E-state index in [1.165, 1.54) is 0 Å². The molecule has 0 fully saturated rings. The molecule has 0 radical (unpaired) electrons. The number of aliphatic hydroxyl groups is 1. The lowest BCUT2D eigenvalue weighted by Crippen LogP contribution is -2.19. The molecule has 1 aliphatic rings. The van der Waals surface area contributed by atoms with E-state index in [0.717, 1.165) is 15.7 Å². The van der Waals surface area contributed by atoms with Crippen molar-refractivity contribution in [3.63, 3.8) is 0 Å². The van der Waals surface area contributed by atoms with E-state index in [9.17, 15) is 9.90 Å². The minimum absolute atomic E-state index is 0.149. The maximum Gasteiger partial charge on any atom is 0.238 e. The number of nitrogens with zero attached hydrogens (tertiary/aromatic N) is 4. The average Bonchev–Trinajstić information content (AvgIpc) is 3.23. The average molecular weight is 461 g/mol. The zero-order valence-electron chi connectivity index (χ0n) is 16.0. The van der Waals surface area contributed by atoms with Crippen LogP contribution >= 0.6 is 15.9 Å². The largest absolute Gasteiger partial charge is 0.392 e. The van der Waals surface area contributed by atoms with Gasteiger partial charge in [0.2, 0.25) is 11.9 Å². The molecule has 3 heterocycles. The molecule has 1 unspecified atom stereocenters. The standard InChI is InChI=1S/C19H21BrN6O3/c1-10(27)8-21-19-23-16(13-9-26(5-6-29-2)25-17(13)24-19)15-12-7-11(20)3-4-14(12)22-18(15)28/h3-4,7,9-10,15,27H,5-6,8H2,1-2H3,(H,22,28)(H,21,24,25)/t10-,15?/m0/s1. The van der Waals surface area contributed by atoms with E-state index >= 15 is 0 Å². The molecule has 2 aromatic heterocycles. The number of carbonyl (C=O) groups is 1. The third-order valence-corrected chi connectivity index (χ3v) is 5.15. The van der Waals surface area contributed by atoms with Gasteiger partial charge in [-0.2, -0.15) is 10.1 Å². The zero-order chi connectivity index (χ0) is 20.5. The van der Waals surface area contributed by atoms with E-state index in [4.69, 9.17) is 4.74 Å². The molecule has 0 bridgehead atoms. The fraction of sp³-hybridized carbons (Fsp3) is 0.368. The van der Waals surface area contributed by atoms with Crippen molar-refractivity contribution in [3.8, 4) is 0 Å². The van der Waals surface area contributed by atoms with Crippen LogP contribution in [-0.4, -0.2) is 57.1 Å². The molecule has 152 valence electrons. The summed E-state index contributed by atoms with van der Waals surface area (Å²) in [4.78, 5) is 21.9. The van der Waals surface area contributed by atoms with Crippen molar-refractivity contribution >= 4 is 44.5 Å². The van der Waals surface area contributed by atoms with Gasteiger partial charge in [0.25, 0.3) is 0 Å². The van der Waals surface area contributed by atoms with Crippen molar-refractivity contribution in [2.24, 2.45) is 0 Å². The molecule has 0 aliphatic carbocycles. The van der Waals surface area contributed by atoms with Crippen LogP contribution in [-0.2, 0) is 16.1 Å². The van der Waals surface area contributed by atoms with Gasteiger partial charge in [0.1, 0.15) is 5.92 Å². The number of hydrogen-bond acceptors (Lipinski definition) is 7. The van der Waals surface area contributed by atoms with Gasteiger partial charge in [0.05, 0.1) is 30.3 Å². The molecule has 0 saturated carbocycles. The lowest BCUT2D eigenvalue weighted by Gasteiger charge is -2.12. The van der Waals surface area contributed by atoms with Crippen molar-refractivity contribution in [3.05, 3.63) is 40.1 Å². The van der Waals surface area contributed by atoms with Crippen LogP contribution in [0.1, 0.15) is 24.1 Å². The number of carbonyl (C=O) groups excluding carboxylic acids is 1. The maximum absolute atomic E-state index is 12.8. The minimum Gasteiger partial charge on any atom is -0.392 e. The summed E-state index contributed by atoms with van der Waals surface area (Å²) in [5.41, 5.74) is 2.66. The molecule has 9 nitrogen and oxygen atoms in total. The second-order valence-corrected chi connectivity index (χ2v) is 7.85. The monoisotopic (exact) mass is 460 g/mol. The summed E-state index contributed by atoms with van der Waals surface area (Å²) in [6.45, 7) is 3.02. The Balaban J connectivity index is 1.84. The second kappa shape index (κ2) is 8.05. The highest BCUT2D eigenvalue weighted by Gasteiger charge is 2.35. The highest BCUT2D eigenvalue weighted by molar-refractivity contribution is 9.10. The number of anilines is 2. The topological polar surface area (TPSA) is 114 Å². The van der Waals surface area contributed by atoms with E-state index in [1.54, 1.807) is 18.7 Å². The number of aliphatic hydroxyl groups excluding tert-OH is 1. The van der Waals surface area contributed by atoms with Gasteiger partial charge < -0.3 is 20.5 Å². The molecule has 1 aromatic carbocycles. The molecule has 3 aromatic rings. The first-order valence-corrected chi connectivity index (χ1v) is 10.0. The van der Waals surface area contributed by atoms with Crippen molar-refractivity contribution in [2.75, 3.05) is 30.9 Å². The Kier molecular flexibility index (Phi) is 5.48. The maximum atomic E-state index is 12.8. The first kappa shape index (κ1) is 19.7. The Morgan fingerprint density at radius 2 is 2.24 bits per heavy atom. The van der Waals surface area contributed by atoms with Gasteiger partial charge in [0.15, 0.2) is 5.65 Å². The normalized spacial score (nSPS) is 16.7. The van der Waals surface area contributed by atoms with Crippen LogP contribution in [0.25, 0.3) is 11.0 Å². The Bertz CT molecular complexity index is 1070. The third-order valence-electron chi connectivity index (χ3n) is 4.65. The molecule has 1 amide bonds. The number of methoxy groups -OCH3 is 1. The lowest BCUT2D eigenvalue weighted by molar-refractivity contribution is -0.116. The lowest BCUT2D eigenvalue weighted by atomic mass is 9.95. The highest BCUT2D eigenvalue weighted by atomic mass is 79.9.